The van der Waals surface area contributed by atoms with Gasteiger partial charge in [0.15, 0.2) is 0 Å². The second-order valence-corrected chi connectivity index (χ2v) is 7.79. The number of carbonyl (C=O) groups is 1. The number of thiophene rings is 1. The van der Waals surface area contributed by atoms with Gasteiger partial charge in [0, 0.05) is 29.9 Å². The van der Waals surface area contributed by atoms with E-state index in [0.717, 1.165) is 36.6 Å². The van der Waals surface area contributed by atoms with E-state index in [4.69, 9.17) is 0 Å². The van der Waals surface area contributed by atoms with E-state index in [1.165, 1.54) is 15.8 Å². The van der Waals surface area contributed by atoms with Crippen LogP contribution in [0, 0.1) is 19.8 Å². The van der Waals surface area contributed by atoms with Gasteiger partial charge >= 0.3 is 0 Å². The zero-order valence-electron chi connectivity index (χ0n) is 14.2. The van der Waals surface area contributed by atoms with E-state index < -0.39 is 0 Å². The maximum Gasteiger partial charge on any atom is 0.223 e. The predicted octanol–water partition coefficient (Wildman–Crippen LogP) is 3.05. The summed E-state index contributed by atoms with van der Waals surface area (Å²) in [5, 5.41) is 4.21. The van der Waals surface area contributed by atoms with Crippen molar-refractivity contribution in [1.82, 2.24) is 15.3 Å². The van der Waals surface area contributed by atoms with Crippen molar-refractivity contribution in [3.63, 3.8) is 0 Å². The Morgan fingerprint density at radius 1 is 1.30 bits per heavy atom. The van der Waals surface area contributed by atoms with Crippen LogP contribution in [0.4, 0.5) is 5.82 Å². The van der Waals surface area contributed by atoms with Gasteiger partial charge < -0.3 is 10.2 Å². The van der Waals surface area contributed by atoms with Crippen molar-refractivity contribution in [2.45, 2.75) is 46.6 Å². The van der Waals surface area contributed by atoms with Gasteiger partial charge in [-0.05, 0) is 46.1 Å². The highest BCUT2D eigenvalue weighted by Crippen LogP contribution is 2.35. The minimum absolute atomic E-state index is 0.122. The molecule has 2 aromatic rings. The van der Waals surface area contributed by atoms with Crippen molar-refractivity contribution in [2.75, 3.05) is 18.0 Å². The minimum atomic E-state index is 0.122. The van der Waals surface area contributed by atoms with Crippen LogP contribution in [-0.2, 0) is 4.79 Å². The number of amides is 1. The molecule has 0 saturated carbocycles. The largest absolute Gasteiger partial charge is 0.356 e. The summed E-state index contributed by atoms with van der Waals surface area (Å²) < 4.78 is 0. The number of hydrogen-bond acceptors (Lipinski definition) is 5. The molecule has 23 heavy (non-hydrogen) atoms. The van der Waals surface area contributed by atoms with E-state index in [1.54, 1.807) is 17.7 Å². The summed E-state index contributed by atoms with van der Waals surface area (Å²) in [5.74, 6) is 1.34. The molecule has 0 spiro atoms. The molecule has 124 valence electrons. The fourth-order valence-electron chi connectivity index (χ4n) is 3.16. The summed E-state index contributed by atoms with van der Waals surface area (Å²) in [5.41, 5.74) is 1.28. The maximum atomic E-state index is 12.2. The molecule has 2 aromatic heterocycles. The number of aryl methyl sites for hydroxylation is 2. The van der Waals surface area contributed by atoms with E-state index in [1.807, 2.05) is 13.8 Å². The number of rotatable bonds is 3. The lowest BCUT2D eigenvalue weighted by Crippen LogP contribution is -2.42. The molecule has 5 nitrogen and oxygen atoms in total. The normalized spacial score (nSPS) is 16.3. The molecule has 3 heterocycles. The number of aromatic nitrogens is 2. The Kier molecular flexibility index (Phi) is 4.53. The maximum absolute atomic E-state index is 12.2. The Labute approximate surface area is 141 Å². The molecule has 1 aliphatic rings. The second-order valence-electron chi connectivity index (χ2n) is 6.59. The van der Waals surface area contributed by atoms with E-state index >= 15 is 0 Å². The molecule has 6 heteroatoms. The smallest absolute Gasteiger partial charge is 0.223 e. The van der Waals surface area contributed by atoms with Gasteiger partial charge in [0.2, 0.25) is 5.91 Å². The Morgan fingerprint density at radius 3 is 2.65 bits per heavy atom. The number of nitrogens with zero attached hydrogens (tertiary/aromatic N) is 3. The highest BCUT2D eigenvalue weighted by atomic mass is 32.1. The first kappa shape index (κ1) is 16.2. The molecule has 0 radical (unpaired) electrons. The van der Waals surface area contributed by atoms with Crippen molar-refractivity contribution >= 4 is 33.3 Å². The SMILES string of the molecule is Cc1sc2ncnc(N3CCC(C(=O)NC(C)C)CC3)c2c1C. The zero-order valence-corrected chi connectivity index (χ0v) is 15.0. The third-order valence-electron chi connectivity index (χ3n) is 4.54. The van der Waals surface area contributed by atoms with Crippen LogP contribution in [0.5, 0.6) is 0 Å². The van der Waals surface area contributed by atoms with Crippen LogP contribution in [0.15, 0.2) is 6.33 Å². The predicted molar refractivity (Wildman–Crippen MR) is 95.1 cm³/mol. The summed E-state index contributed by atoms with van der Waals surface area (Å²) >= 11 is 1.73. The molecule has 0 aromatic carbocycles. The molecular weight excluding hydrogens is 308 g/mol. The topological polar surface area (TPSA) is 58.1 Å². The molecule has 0 atom stereocenters. The van der Waals surface area contributed by atoms with Gasteiger partial charge in [-0.25, -0.2) is 9.97 Å². The Balaban J connectivity index is 1.77. The molecule has 3 rings (SSSR count). The molecule has 1 aliphatic heterocycles. The Hall–Kier alpha value is -1.69. The van der Waals surface area contributed by atoms with Crippen LogP contribution in [0.3, 0.4) is 0 Å². The first-order chi connectivity index (χ1) is 11.0. The number of hydrogen-bond donors (Lipinski definition) is 1. The van der Waals surface area contributed by atoms with Crippen LogP contribution < -0.4 is 10.2 Å². The molecule has 1 N–H and O–H groups in total. The fraction of sp³-hybridized carbons (Fsp3) is 0.588. The van der Waals surface area contributed by atoms with Crippen LogP contribution in [0.1, 0.15) is 37.1 Å². The van der Waals surface area contributed by atoms with Gasteiger partial charge in [-0.3, -0.25) is 4.79 Å². The highest BCUT2D eigenvalue weighted by molar-refractivity contribution is 7.18. The Morgan fingerprint density at radius 2 is 2.00 bits per heavy atom. The van der Waals surface area contributed by atoms with E-state index in [2.05, 4.69) is 34.0 Å². The van der Waals surface area contributed by atoms with E-state index in [0.29, 0.717) is 0 Å². The summed E-state index contributed by atoms with van der Waals surface area (Å²) in [6.45, 7) is 10.0. The van der Waals surface area contributed by atoms with Gasteiger partial charge in [-0.2, -0.15) is 0 Å². The number of nitrogens with one attached hydrogen (secondary N) is 1. The average Bonchev–Trinajstić information content (AvgIpc) is 2.82. The second kappa shape index (κ2) is 6.43. The first-order valence-electron chi connectivity index (χ1n) is 8.23. The van der Waals surface area contributed by atoms with Crippen molar-refractivity contribution in [1.29, 1.82) is 0 Å². The molecule has 1 amide bonds. The first-order valence-corrected chi connectivity index (χ1v) is 9.05. The molecule has 0 unspecified atom stereocenters. The van der Waals surface area contributed by atoms with Gasteiger partial charge in [-0.15, -0.1) is 11.3 Å². The van der Waals surface area contributed by atoms with E-state index in [9.17, 15) is 4.79 Å². The molecular formula is C17H24N4OS. The van der Waals surface area contributed by atoms with Gasteiger partial charge in [0.1, 0.15) is 17.0 Å². The lowest BCUT2D eigenvalue weighted by molar-refractivity contribution is -0.126. The fourth-order valence-corrected chi connectivity index (χ4v) is 4.15. The van der Waals surface area contributed by atoms with Crippen LogP contribution in [0.25, 0.3) is 10.2 Å². The third kappa shape index (κ3) is 3.17. The van der Waals surface area contributed by atoms with Crippen LogP contribution in [0.2, 0.25) is 0 Å². The Bertz CT molecular complexity index is 717. The monoisotopic (exact) mass is 332 g/mol. The number of anilines is 1. The molecule has 1 saturated heterocycles. The van der Waals surface area contributed by atoms with Gasteiger partial charge in [0.25, 0.3) is 0 Å². The van der Waals surface area contributed by atoms with Crippen molar-refractivity contribution < 1.29 is 4.79 Å². The van der Waals surface area contributed by atoms with Crippen LogP contribution >= 0.6 is 11.3 Å². The summed E-state index contributed by atoms with van der Waals surface area (Å²) in [4.78, 5) is 25.8. The minimum Gasteiger partial charge on any atom is -0.356 e. The lowest BCUT2D eigenvalue weighted by atomic mass is 9.95. The molecule has 1 fully saturated rings. The summed E-state index contributed by atoms with van der Waals surface area (Å²) in [7, 11) is 0. The van der Waals surface area contributed by atoms with E-state index in [-0.39, 0.29) is 17.9 Å². The molecule has 0 aliphatic carbocycles. The highest BCUT2D eigenvalue weighted by Gasteiger charge is 2.27. The van der Waals surface area contributed by atoms with Crippen molar-refractivity contribution in [3.05, 3.63) is 16.8 Å². The lowest BCUT2D eigenvalue weighted by Gasteiger charge is -2.32. The van der Waals surface area contributed by atoms with Crippen LogP contribution in [-0.4, -0.2) is 35.0 Å². The summed E-state index contributed by atoms with van der Waals surface area (Å²) in [6.07, 6.45) is 3.42. The number of carbonyl (C=O) groups excluding carboxylic acids is 1. The molecule has 0 bridgehead atoms. The summed E-state index contributed by atoms with van der Waals surface area (Å²) in [6, 6.07) is 0.207. The number of fused-ring (bicyclic) bond motifs is 1. The third-order valence-corrected chi connectivity index (χ3v) is 5.66. The van der Waals surface area contributed by atoms with Crippen molar-refractivity contribution in [2.24, 2.45) is 5.92 Å². The number of piperidine rings is 1. The van der Waals surface area contributed by atoms with Gasteiger partial charge in [0.05, 0.1) is 5.39 Å². The zero-order chi connectivity index (χ0) is 16.6. The standard InChI is InChI=1S/C17H24N4OS/c1-10(2)20-16(22)13-5-7-21(8-6-13)15-14-11(3)12(4)23-17(14)19-9-18-15/h9-10,13H,5-8H2,1-4H3,(H,20,22). The van der Waals surface area contributed by atoms with Crippen molar-refractivity contribution in [3.8, 4) is 0 Å². The average molecular weight is 332 g/mol. The van der Waals surface area contributed by atoms with Gasteiger partial charge in [-0.1, -0.05) is 0 Å². The quantitative estimate of drug-likeness (QED) is 0.938.